The van der Waals surface area contributed by atoms with E-state index in [0.29, 0.717) is 6.61 Å². The molecule has 0 heterocycles. The maximum Gasteiger partial charge on any atom is 0.0926 e. The van der Waals surface area contributed by atoms with Gasteiger partial charge in [0.2, 0.25) is 0 Å². The summed E-state index contributed by atoms with van der Waals surface area (Å²) in [5, 5.41) is 0.796. The zero-order chi connectivity index (χ0) is 13.7. The molecule has 0 spiro atoms. The summed E-state index contributed by atoms with van der Waals surface area (Å²) in [5.41, 5.74) is 3.65. The lowest BCUT2D eigenvalue weighted by Crippen LogP contribution is -2.06. The Morgan fingerprint density at radius 1 is 1.11 bits per heavy atom. The summed E-state index contributed by atoms with van der Waals surface area (Å²) in [6, 6.07) is 16.7. The van der Waals surface area contributed by atoms with Crippen molar-refractivity contribution in [3.8, 4) is 0 Å². The van der Waals surface area contributed by atoms with E-state index in [2.05, 4.69) is 75.2 Å². The number of hydrogen-bond acceptors (Lipinski definition) is 1. The van der Waals surface area contributed by atoms with Crippen LogP contribution in [0.1, 0.15) is 22.8 Å². The summed E-state index contributed by atoms with van der Waals surface area (Å²) in [7, 11) is 0. The fourth-order valence-electron chi connectivity index (χ4n) is 1.83. The van der Waals surface area contributed by atoms with Gasteiger partial charge in [-0.05, 0) is 30.2 Å². The average Bonchev–Trinajstić information content (AvgIpc) is 2.41. The predicted octanol–water partition coefficient (Wildman–Crippen LogP) is 5.41. The van der Waals surface area contributed by atoms with E-state index in [1.807, 2.05) is 12.1 Å². The lowest BCUT2D eigenvalue weighted by Gasteiger charge is -2.16. The van der Waals surface area contributed by atoms with Crippen molar-refractivity contribution in [2.45, 2.75) is 19.6 Å². The minimum Gasteiger partial charge on any atom is -0.368 e. The molecule has 19 heavy (non-hydrogen) atoms. The first-order chi connectivity index (χ1) is 9.19. The second-order valence-electron chi connectivity index (χ2n) is 4.49. The van der Waals surface area contributed by atoms with E-state index in [0.717, 1.165) is 9.80 Å². The van der Waals surface area contributed by atoms with Crippen molar-refractivity contribution >= 4 is 31.9 Å². The van der Waals surface area contributed by atoms with Gasteiger partial charge in [0.1, 0.15) is 0 Å². The summed E-state index contributed by atoms with van der Waals surface area (Å²) >= 11 is 7.00. The molecule has 0 amide bonds. The van der Waals surface area contributed by atoms with E-state index in [1.165, 1.54) is 16.7 Å². The van der Waals surface area contributed by atoms with Gasteiger partial charge in [0.05, 0.1) is 12.7 Å². The third-order valence-corrected chi connectivity index (χ3v) is 4.01. The van der Waals surface area contributed by atoms with Gasteiger partial charge in [0.15, 0.2) is 0 Å². The van der Waals surface area contributed by atoms with E-state index in [4.69, 9.17) is 4.74 Å². The van der Waals surface area contributed by atoms with Crippen LogP contribution in [-0.2, 0) is 11.3 Å². The van der Waals surface area contributed by atoms with Gasteiger partial charge in [-0.1, -0.05) is 73.8 Å². The van der Waals surface area contributed by atoms with Crippen molar-refractivity contribution in [3.05, 3.63) is 69.7 Å². The molecule has 2 aromatic carbocycles. The predicted molar refractivity (Wildman–Crippen MR) is 86.6 cm³/mol. The first-order valence-electron chi connectivity index (χ1n) is 6.17. The van der Waals surface area contributed by atoms with Gasteiger partial charge in [0.25, 0.3) is 0 Å². The van der Waals surface area contributed by atoms with Crippen LogP contribution in [0.25, 0.3) is 0 Å². The number of benzene rings is 2. The second-order valence-corrected chi connectivity index (χ2v) is 6.06. The summed E-state index contributed by atoms with van der Waals surface area (Å²) in [5.74, 6) is 0. The molecule has 1 nitrogen and oxygen atoms in total. The second kappa shape index (κ2) is 7.22. The van der Waals surface area contributed by atoms with Crippen LogP contribution < -0.4 is 0 Å². The van der Waals surface area contributed by atoms with Gasteiger partial charge in [0, 0.05) is 9.80 Å². The highest BCUT2D eigenvalue weighted by Gasteiger charge is 2.10. The number of halogens is 2. The highest BCUT2D eigenvalue weighted by atomic mass is 79.9. The fourth-order valence-corrected chi connectivity index (χ4v) is 2.84. The number of aryl methyl sites for hydroxylation is 1. The zero-order valence-electron chi connectivity index (χ0n) is 10.8. The minimum atomic E-state index is 0.0829. The molecule has 3 heteroatoms. The minimum absolute atomic E-state index is 0.0829. The van der Waals surface area contributed by atoms with Crippen LogP contribution in [0.15, 0.2) is 53.0 Å². The highest BCUT2D eigenvalue weighted by Crippen LogP contribution is 2.22. The Kier molecular flexibility index (Phi) is 5.61. The first-order valence-corrected chi connectivity index (χ1v) is 8.09. The van der Waals surface area contributed by atoms with Gasteiger partial charge in [-0.3, -0.25) is 0 Å². The largest absolute Gasteiger partial charge is 0.368 e. The Hall–Kier alpha value is -0.640. The Morgan fingerprint density at radius 2 is 1.84 bits per heavy atom. The van der Waals surface area contributed by atoms with Crippen molar-refractivity contribution in [1.29, 1.82) is 0 Å². The monoisotopic (exact) mass is 382 g/mol. The number of hydrogen-bond donors (Lipinski definition) is 0. The van der Waals surface area contributed by atoms with E-state index >= 15 is 0 Å². The van der Waals surface area contributed by atoms with Crippen LogP contribution >= 0.6 is 31.9 Å². The van der Waals surface area contributed by atoms with Crippen LogP contribution in [0.5, 0.6) is 0 Å². The molecule has 1 unspecified atom stereocenters. The maximum absolute atomic E-state index is 5.99. The Bertz CT molecular complexity index is 523. The van der Waals surface area contributed by atoms with Gasteiger partial charge in [-0.25, -0.2) is 0 Å². The molecule has 0 aromatic heterocycles. The van der Waals surface area contributed by atoms with Gasteiger partial charge >= 0.3 is 0 Å². The molecular formula is C16H16Br2O. The molecule has 2 rings (SSSR count). The van der Waals surface area contributed by atoms with Crippen LogP contribution in [0.4, 0.5) is 0 Å². The van der Waals surface area contributed by atoms with Crippen molar-refractivity contribution in [3.63, 3.8) is 0 Å². The zero-order valence-corrected chi connectivity index (χ0v) is 13.9. The van der Waals surface area contributed by atoms with Crippen molar-refractivity contribution in [2.75, 3.05) is 5.33 Å². The van der Waals surface area contributed by atoms with E-state index in [9.17, 15) is 0 Å². The smallest absolute Gasteiger partial charge is 0.0926 e. The topological polar surface area (TPSA) is 9.23 Å². The molecule has 0 N–H and O–H groups in total. The molecule has 0 radical (unpaired) electrons. The number of ether oxygens (including phenoxy) is 1. The van der Waals surface area contributed by atoms with Crippen LogP contribution in [0, 0.1) is 6.92 Å². The molecule has 0 fully saturated rings. The normalized spacial score (nSPS) is 12.4. The molecule has 2 aromatic rings. The first kappa shape index (κ1) is 14.8. The molecule has 100 valence electrons. The molecule has 0 aliphatic rings. The third kappa shape index (κ3) is 4.44. The Balaban J connectivity index is 2.01. The lowest BCUT2D eigenvalue weighted by atomic mass is 10.1. The van der Waals surface area contributed by atoms with Crippen molar-refractivity contribution < 1.29 is 4.74 Å². The lowest BCUT2D eigenvalue weighted by molar-refractivity contribution is 0.0565. The summed E-state index contributed by atoms with van der Waals surface area (Å²) in [6.45, 7) is 2.71. The summed E-state index contributed by atoms with van der Waals surface area (Å²) in [4.78, 5) is 0. The average molecular weight is 384 g/mol. The summed E-state index contributed by atoms with van der Waals surface area (Å²) < 4.78 is 7.07. The number of alkyl halides is 1. The van der Waals surface area contributed by atoms with E-state index in [1.54, 1.807) is 0 Å². The Labute approximate surface area is 131 Å². The summed E-state index contributed by atoms with van der Waals surface area (Å²) in [6.07, 6.45) is 0.0829. The standard InChI is InChI=1S/C16H16Br2O/c1-12-5-7-14(8-6-12)16(10-17)19-11-13-3-2-4-15(18)9-13/h2-9,16H,10-11H2,1H3. The van der Waals surface area contributed by atoms with Crippen molar-refractivity contribution in [1.82, 2.24) is 0 Å². The molecule has 0 saturated carbocycles. The van der Waals surface area contributed by atoms with Crippen LogP contribution in [-0.4, -0.2) is 5.33 Å². The Morgan fingerprint density at radius 3 is 2.47 bits per heavy atom. The molecule has 0 aliphatic heterocycles. The molecular weight excluding hydrogens is 368 g/mol. The van der Waals surface area contributed by atoms with Gasteiger partial charge in [-0.15, -0.1) is 0 Å². The van der Waals surface area contributed by atoms with Gasteiger partial charge < -0.3 is 4.74 Å². The SMILES string of the molecule is Cc1ccc(C(CBr)OCc2cccc(Br)c2)cc1. The molecule has 0 bridgehead atoms. The third-order valence-electron chi connectivity index (χ3n) is 2.93. The molecule has 1 atom stereocenters. The number of rotatable bonds is 5. The van der Waals surface area contributed by atoms with Gasteiger partial charge in [-0.2, -0.15) is 0 Å². The van der Waals surface area contributed by atoms with Crippen LogP contribution in [0.2, 0.25) is 0 Å². The van der Waals surface area contributed by atoms with Crippen LogP contribution in [0.3, 0.4) is 0 Å². The maximum atomic E-state index is 5.99. The molecule has 0 aliphatic carbocycles. The van der Waals surface area contributed by atoms with E-state index in [-0.39, 0.29) is 6.10 Å². The van der Waals surface area contributed by atoms with Crippen molar-refractivity contribution in [2.24, 2.45) is 0 Å². The highest BCUT2D eigenvalue weighted by molar-refractivity contribution is 9.10. The van der Waals surface area contributed by atoms with E-state index < -0.39 is 0 Å². The fraction of sp³-hybridized carbons (Fsp3) is 0.250. The quantitative estimate of drug-likeness (QED) is 0.627. The molecule has 0 saturated heterocycles.